The van der Waals surface area contributed by atoms with Crippen molar-refractivity contribution in [1.82, 2.24) is 14.6 Å². The van der Waals surface area contributed by atoms with Crippen LogP contribution in [0, 0.1) is 0 Å². The molecule has 36 heavy (non-hydrogen) atoms. The van der Waals surface area contributed by atoms with Crippen LogP contribution >= 0.6 is 23.1 Å². The van der Waals surface area contributed by atoms with Gasteiger partial charge in [-0.2, -0.15) is 4.31 Å². The van der Waals surface area contributed by atoms with E-state index in [4.69, 9.17) is 0 Å². The van der Waals surface area contributed by atoms with E-state index in [1.807, 2.05) is 30.3 Å². The molecule has 1 aromatic heterocycles. The molecule has 1 aliphatic heterocycles. The van der Waals surface area contributed by atoms with E-state index in [0.717, 1.165) is 18.4 Å². The molecule has 11 heteroatoms. The van der Waals surface area contributed by atoms with Crippen molar-refractivity contribution in [1.29, 1.82) is 0 Å². The molecule has 0 unspecified atom stereocenters. The van der Waals surface area contributed by atoms with Crippen molar-refractivity contribution >= 4 is 49.9 Å². The zero-order valence-corrected chi connectivity index (χ0v) is 21.9. The van der Waals surface area contributed by atoms with Gasteiger partial charge in [-0.3, -0.25) is 9.59 Å². The maximum Gasteiger partial charge on any atom is 0.256 e. The highest BCUT2D eigenvalue weighted by molar-refractivity contribution is 8.01. The van der Waals surface area contributed by atoms with Crippen LogP contribution in [0.1, 0.15) is 23.2 Å². The second-order valence-electron chi connectivity index (χ2n) is 7.99. The van der Waals surface area contributed by atoms with Crippen molar-refractivity contribution in [2.75, 3.05) is 30.7 Å². The first kappa shape index (κ1) is 26.1. The molecule has 0 atom stereocenters. The van der Waals surface area contributed by atoms with E-state index in [1.165, 1.54) is 51.7 Å². The predicted molar refractivity (Wildman–Crippen MR) is 144 cm³/mol. The highest BCUT2D eigenvalue weighted by Gasteiger charge is 2.27. The van der Waals surface area contributed by atoms with Crippen molar-refractivity contribution in [3.8, 4) is 11.3 Å². The van der Waals surface area contributed by atoms with E-state index >= 15 is 0 Å². The minimum absolute atomic E-state index is 0.133. The highest BCUT2D eigenvalue weighted by atomic mass is 32.2. The van der Waals surface area contributed by atoms with Crippen molar-refractivity contribution in [3.05, 3.63) is 72.8 Å². The molecule has 1 saturated heterocycles. The summed E-state index contributed by atoms with van der Waals surface area (Å²) in [6, 6.07) is 15.4. The lowest BCUT2D eigenvalue weighted by molar-refractivity contribution is -0.118. The lowest BCUT2D eigenvalue weighted by Crippen LogP contribution is -2.27. The number of nitrogens with one attached hydrogen (secondary N) is 2. The molecule has 1 fully saturated rings. The Morgan fingerprint density at radius 2 is 1.78 bits per heavy atom. The smallest absolute Gasteiger partial charge is 0.256 e. The van der Waals surface area contributed by atoms with Crippen LogP contribution in [-0.2, 0) is 14.8 Å². The molecular weight excluding hydrogens is 517 g/mol. The Balaban J connectivity index is 1.51. The molecule has 0 spiro atoms. The fourth-order valence-corrected chi connectivity index (χ4v) is 7.04. The topological polar surface area (TPSA) is 108 Å². The van der Waals surface area contributed by atoms with E-state index < -0.39 is 10.0 Å². The third kappa shape index (κ3) is 6.22. The standard InChI is InChI=1S/C25H26N4O4S3/c1-2-14-26-21(30)17-34-25-27-22(18-8-4-3-5-9-18)24(35-25)28-23(31)19-10-12-20(13-11-19)36(32,33)29-15-6-7-16-29/h2-5,8-13H,1,6-7,14-17H2,(H,26,30)(H,28,31). The van der Waals surface area contributed by atoms with Gasteiger partial charge in [-0.25, -0.2) is 13.4 Å². The number of carbonyl (C=O) groups excluding carboxylic acids is 2. The maximum atomic E-state index is 13.0. The van der Waals surface area contributed by atoms with Gasteiger partial charge < -0.3 is 10.6 Å². The molecule has 0 bridgehead atoms. The minimum atomic E-state index is -3.55. The highest BCUT2D eigenvalue weighted by Crippen LogP contribution is 2.37. The average Bonchev–Trinajstić information content (AvgIpc) is 3.58. The molecule has 2 N–H and O–H groups in total. The molecule has 0 aliphatic carbocycles. The summed E-state index contributed by atoms with van der Waals surface area (Å²) in [5.74, 6) is -0.317. The van der Waals surface area contributed by atoms with Gasteiger partial charge in [-0.05, 0) is 37.1 Å². The van der Waals surface area contributed by atoms with E-state index in [0.29, 0.717) is 40.2 Å². The summed E-state index contributed by atoms with van der Waals surface area (Å²) in [6.45, 7) is 5.02. The fraction of sp³-hybridized carbons (Fsp3) is 0.240. The molecule has 2 heterocycles. The zero-order chi connectivity index (χ0) is 25.5. The first-order chi connectivity index (χ1) is 17.4. The molecule has 3 aromatic rings. The third-order valence-corrected chi connectivity index (χ3v) is 9.50. The number of aromatic nitrogens is 1. The lowest BCUT2D eigenvalue weighted by Gasteiger charge is -2.15. The van der Waals surface area contributed by atoms with Gasteiger partial charge in [0.1, 0.15) is 10.7 Å². The number of benzene rings is 2. The van der Waals surface area contributed by atoms with Crippen LogP contribution in [0.3, 0.4) is 0 Å². The van der Waals surface area contributed by atoms with Crippen molar-refractivity contribution in [3.63, 3.8) is 0 Å². The van der Waals surface area contributed by atoms with E-state index in [-0.39, 0.29) is 22.5 Å². The van der Waals surface area contributed by atoms with Gasteiger partial charge in [0.05, 0.1) is 10.6 Å². The number of hydrogen-bond donors (Lipinski definition) is 2. The van der Waals surface area contributed by atoms with Gasteiger partial charge in [0.25, 0.3) is 5.91 Å². The summed E-state index contributed by atoms with van der Waals surface area (Å²) in [4.78, 5) is 29.8. The van der Waals surface area contributed by atoms with Gasteiger partial charge in [0.2, 0.25) is 15.9 Å². The first-order valence-corrected chi connectivity index (χ1v) is 14.6. The van der Waals surface area contributed by atoms with Crippen LogP contribution in [0.25, 0.3) is 11.3 Å². The molecule has 1 aliphatic rings. The van der Waals surface area contributed by atoms with Gasteiger partial charge in [0.15, 0.2) is 4.34 Å². The monoisotopic (exact) mass is 542 g/mol. The summed E-state index contributed by atoms with van der Waals surface area (Å²) < 4.78 is 27.6. The summed E-state index contributed by atoms with van der Waals surface area (Å²) in [5, 5.41) is 6.19. The molecule has 2 amide bonds. The van der Waals surface area contributed by atoms with E-state index in [1.54, 1.807) is 6.08 Å². The number of carbonyl (C=O) groups is 2. The number of thiazole rings is 1. The molecule has 4 rings (SSSR count). The second-order valence-corrected chi connectivity index (χ2v) is 12.2. The predicted octanol–water partition coefficient (Wildman–Crippen LogP) is 4.24. The minimum Gasteiger partial charge on any atom is -0.352 e. The Labute approximate surface area is 218 Å². The van der Waals surface area contributed by atoms with Crippen LogP contribution in [-0.4, -0.2) is 54.9 Å². The van der Waals surface area contributed by atoms with Crippen LogP contribution in [0.15, 0.2) is 76.5 Å². The SMILES string of the molecule is C=CCNC(=O)CSc1nc(-c2ccccc2)c(NC(=O)c2ccc(S(=O)(=O)N3CCCC3)cc2)s1. The number of hydrogen-bond acceptors (Lipinski definition) is 7. The fourth-order valence-electron chi connectivity index (χ4n) is 3.63. The maximum absolute atomic E-state index is 13.0. The number of amides is 2. The summed E-state index contributed by atoms with van der Waals surface area (Å²) in [5.41, 5.74) is 1.77. The number of nitrogens with zero attached hydrogens (tertiary/aromatic N) is 2. The number of rotatable bonds is 10. The van der Waals surface area contributed by atoms with Gasteiger partial charge in [0, 0.05) is 30.8 Å². The Bertz CT molecular complexity index is 1330. The third-order valence-electron chi connectivity index (χ3n) is 5.47. The van der Waals surface area contributed by atoms with E-state index in [9.17, 15) is 18.0 Å². The Morgan fingerprint density at radius 3 is 2.44 bits per heavy atom. The zero-order valence-electron chi connectivity index (χ0n) is 19.5. The molecular formula is C25H26N4O4S3. The van der Waals surface area contributed by atoms with Crippen LogP contribution in [0.2, 0.25) is 0 Å². The van der Waals surface area contributed by atoms with Crippen molar-refractivity contribution in [2.45, 2.75) is 22.1 Å². The van der Waals surface area contributed by atoms with Crippen molar-refractivity contribution in [2.24, 2.45) is 0 Å². The number of thioether (sulfide) groups is 1. The first-order valence-electron chi connectivity index (χ1n) is 11.4. The van der Waals surface area contributed by atoms with Crippen molar-refractivity contribution < 1.29 is 18.0 Å². The summed E-state index contributed by atoms with van der Waals surface area (Å²) in [7, 11) is -3.55. The summed E-state index contributed by atoms with van der Waals surface area (Å²) in [6.07, 6.45) is 3.33. The van der Waals surface area contributed by atoms with Crippen LogP contribution in [0.4, 0.5) is 5.00 Å². The molecule has 188 valence electrons. The average molecular weight is 543 g/mol. The number of anilines is 1. The Morgan fingerprint density at radius 1 is 1.08 bits per heavy atom. The summed E-state index contributed by atoms with van der Waals surface area (Å²) >= 11 is 2.57. The Kier molecular flexibility index (Phi) is 8.57. The van der Waals surface area contributed by atoms with Gasteiger partial charge in [-0.15, -0.1) is 6.58 Å². The normalized spacial score (nSPS) is 13.9. The molecule has 0 saturated carbocycles. The largest absolute Gasteiger partial charge is 0.352 e. The quantitative estimate of drug-likeness (QED) is 0.293. The lowest BCUT2D eigenvalue weighted by atomic mass is 10.1. The molecule has 2 aromatic carbocycles. The van der Waals surface area contributed by atoms with Gasteiger partial charge in [-0.1, -0.05) is 59.5 Å². The van der Waals surface area contributed by atoms with Crippen LogP contribution in [0.5, 0.6) is 0 Å². The molecule has 0 radical (unpaired) electrons. The Hall–Kier alpha value is -2.99. The van der Waals surface area contributed by atoms with E-state index in [2.05, 4.69) is 22.2 Å². The van der Waals surface area contributed by atoms with Crippen LogP contribution < -0.4 is 10.6 Å². The van der Waals surface area contributed by atoms with Gasteiger partial charge >= 0.3 is 0 Å². The second kappa shape index (κ2) is 11.8. The number of sulfonamides is 1. The molecule has 8 nitrogen and oxygen atoms in total.